The maximum atomic E-state index is 11.6. The van der Waals surface area contributed by atoms with E-state index in [1.54, 1.807) is 0 Å². The maximum absolute atomic E-state index is 11.6. The van der Waals surface area contributed by atoms with Crippen molar-refractivity contribution in [1.82, 2.24) is 5.32 Å². The Morgan fingerprint density at radius 1 is 1.47 bits per heavy atom. The van der Waals surface area contributed by atoms with Crippen molar-refractivity contribution in [3.63, 3.8) is 0 Å². The van der Waals surface area contributed by atoms with Crippen molar-refractivity contribution in [3.05, 3.63) is 0 Å². The second-order valence-electron chi connectivity index (χ2n) is 4.54. The number of carbonyl (C=O) groups is 1. The lowest BCUT2D eigenvalue weighted by Crippen LogP contribution is -2.37. The number of amides is 1. The summed E-state index contributed by atoms with van der Waals surface area (Å²) >= 11 is 0. The minimum atomic E-state index is 0.222. The van der Waals surface area contributed by atoms with Crippen molar-refractivity contribution in [2.75, 3.05) is 13.2 Å². The Balaban J connectivity index is 2.16. The molecule has 2 N–H and O–H groups in total. The van der Waals surface area contributed by atoms with Gasteiger partial charge in [0.05, 0.1) is 0 Å². The molecule has 1 aliphatic carbocycles. The molecule has 15 heavy (non-hydrogen) atoms. The smallest absolute Gasteiger partial charge is 0.223 e. The van der Waals surface area contributed by atoms with E-state index in [1.165, 1.54) is 6.42 Å². The number of carbonyl (C=O) groups excluding carboxylic acids is 1. The molecule has 1 atom stereocenters. The van der Waals surface area contributed by atoms with E-state index in [0.717, 1.165) is 38.6 Å². The third-order valence-corrected chi connectivity index (χ3v) is 3.28. The van der Waals surface area contributed by atoms with Gasteiger partial charge in [-0.2, -0.15) is 0 Å². The van der Waals surface area contributed by atoms with Crippen molar-refractivity contribution < 1.29 is 9.90 Å². The summed E-state index contributed by atoms with van der Waals surface area (Å²) in [5.41, 5.74) is 0. The molecule has 0 aliphatic heterocycles. The topological polar surface area (TPSA) is 49.3 Å². The molecule has 1 amide bonds. The molecule has 0 spiro atoms. The van der Waals surface area contributed by atoms with Gasteiger partial charge in [-0.25, -0.2) is 0 Å². The molecule has 0 aromatic carbocycles. The molecule has 88 valence electrons. The summed E-state index contributed by atoms with van der Waals surface area (Å²) in [5, 5.41) is 11.9. The Morgan fingerprint density at radius 3 is 2.67 bits per heavy atom. The zero-order chi connectivity index (χ0) is 11.1. The Kier molecular flexibility index (Phi) is 5.69. The van der Waals surface area contributed by atoms with Crippen molar-refractivity contribution in [3.8, 4) is 0 Å². The van der Waals surface area contributed by atoms with Gasteiger partial charge in [-0.05, 0) is 31.6 Å². The maximum Gasteiger partial charge on any atom is 0.223 e. The van der Waals surface area contributed by atoms with Crippen LogP contribution in [0.15, 0.2) is 0 Å². The Bertz CT molecular complexity index is 184. The molecule has 1 fully saturated rings. The molecule has 0 saturated heterocycles. The number of aliphatic hydroxyl groups is 1. The van der Waals surface area contributed by atoms with Gasteiger partial charge in [0.25, 0.3) is 0 Å². The van der Waals surface area contributed by atoms with Crippen LogP contribution in [-0.4, -0.2) is 24.2 Å². The third kappa shape index (κ3) is 4.20. The Morgan fingerprint density at radius 2 is 2.20 bits per heavy atom. The van der Waals surface area contributed by atoms with E-state index < -0.39 is 0 Å². The van der Waals surface area contributed by atoms with E-state index in [2.05, 4.69) is 12.2 Å². The molecule has 1 rings (SSSR count). The highest BCUT2D eigenvalue weighted by Crippen LogP contribution is 2.26. The van der Waals surface area contributed by atoms with Crippen molar-refractivity contribution >= 4 is 5.91 Å². The number of hydrogen-bond donors (Lipinski definition) is 2. The fourth-order valence-electron chi connectivity index (χ4n) is 2.00. The van der Waals surface area contributed by atoms with Gasteiger partial charge in [0.1, 0.15) is 0 Å². The van der Waals surface area contributed by atoms with Gasteiger partial charge >= 0.3 is 0 Å². The van der Waals surface area contributed by atoms with Gasteiger partial charge in [0, 0.05) is 19.1 Å². The average molecular weight is 213 g/mol. The molecule has 0 radical (unpaired) electrons. The predicted molar refractivity (Wildman–Crippen MR) is 60.5 cm³/mol. The molecule has 3 nitrogen and oxygen atoms in total. The summed E-state index contributed by atoms with van der Waals surface area (Å²) in [4.78, 5) is 11.6. The largest absolute Gasteiger partial charge is 0.396 e. The van der Waals surface area contributed by atoms with Crippen LogP contribution >= 0.6 is 0 Å². The molecule has 0 aromatic rings. The highest BCUT2D eigenvalue weighted by molar-refractivity contribution is 5.79. The van der Waals surface area contributed by atoms with E-state index >= 15 is 0 Å². The fraction of sp³-hybridized carbons (Fsp3) is 0.917. The monoisotopic (exact) mass is 213 g/mol. The lowest BCUT2D eigenvalue weighted by atomic mass is 9.84. The van der Waals surface area contributed by atoms with Crippen LogP contribution in [0.1, 0.15) is 45.4 Å². The van der Waals surface area contributed by atoms with Gasteiger partial charge in [-0.1, -0.05) is 19.8 Å². The number of hydrogen-bond acceptors (Lipinski definition) is 2. The van der Waals surface area contributed by atoms with Crippen molar-refractivity contribution in [2.45, 2.75) is 45.4 Å². The molecule has 1 aliphatic rings. The van der Waals surface area contributed by atoms with Crippen molar-refractivity contribution in [2.24, 2.45) is 11.8 Å². The van der Waals surface area contributed by atoms with E-state index in [4.69, 9.17) is 5.11 Å². The van der Waals surface area contributed by atoms with Gasteiger partial charge in [-0.15, -0.1) is 0 Å². The zero-order valence-corrected chi connectivity index (χ0v) is 9.67. The molecule has 1 saturated carbocycles. The van der Waals surface area contributed by atoms with Crippen LogP contribution in [0.2, 0.25) is 0 Å². The molecule has 1 unspecified atom stereocenters. The summed E-state index contributed by atoms with van der Waals surface area (Å²) in [6.07, 6.45) is 6.33. The highest BCUT2D eigenvalue weighted by atomic mass is 16.3. The summed E-state index contributed by atoms with van der Waals surface area (Å²) in [7, 11) is 0. The summed E-state index contributed by atoms with van der Waals surface area (Å²) in [6.45, 7) is 3.10. The molecule has 3 heteroatoms. The van der Waals surface area contributed by atoms with Gasteiger partial charge in [0.2, 0.25) is 5.91 Å². The lowest BCUT2D eigenvalue weighted by molar-refractivity contribution is -0.127. The number of rotatable bonds is 7. The van der Waals surface area contributed by atoms with Crippen LogP contribution in [0, 0.1) is 11.8 Å². The van der Waals surface area contributed by atoms with Crippen LogP contribution in [0.5, 0.6) is 0 Å². The van der Waals surface area contributed by atoms with E-state index in [0.29, 0.717) is 5.92 Å². The second kappa shape index (κ2) is 6.83. The summed E-state index contributed by atoms with van der Waals surface area (Å²) in [5.74, 6) is 0.950. The lowest BCUT2D eigenvalue weighted by Gasteiger charge is -2.25. The van der Waals surface area contributed by atoms with Crippen LogP contribution in [0.4, 0.5) is 0 Å². The van der Waals surface area contributed by atoms with E-state index in [9.17, 15) is 4.79 Å². The van der Waals surface area contributed by atoms with Gasteiger partial charge in [0.15, 0.2) is 0 Å². The molecule has 0 bridgehead atoms. The minimum Gasteiger partial charge on any atom is -0.396 e. The standard InChI is InChI=1S/C12H23NO2/c1-2-4-10(7-8-14)9-13-12(15)11-5-3-6-11/h10-11,14H,2-9H2,1H3,(H,13,15). The number of nitrogens with one attached hydrogen (secondary N) is 1. The summed E-state index contributed by atoms with van der Waals surface area (Å²) in [6, 6.07) is 0. The minimum absolute atomic E-state index is 0.222. The first-order valence-corrected chi connectivity index (χ1v) is 6.16. The highest BCUT2D eigenvalue weighted by Gasteiger charge is 2.25. The summed E-state index contributed by atoms with van der Waals surface area (Å²) < 4.78 is 0. The van der Waals surface area contributed by atoms with Gasteiger partial charge < -0.3 is 10.4 Å². The quantitative estimate of drug-likeness (QED) is 0.676. The van der Waals surface area contributed by atoms with Crippen molar-refractivity contribution in [1.29, 1.82) is 0 Å². The first-order chi connectivity index (χ1) is 7.27. The Hall–Kier alpha value is -0.570. The fourth-order valence-corrected chi connectivity index (χ4v) is 2.00. The van der Waals surface area contributed by atoms with Crippen LogP contribution in [0.3, 0.4) is 0 Å². The van der Waals surface area contributed by atoms with Gasteiger partial charge in [-0.3, -0.25) is 4.79 Å². The van der Waals surface area contributed by atoms with E-state index in [1.807, 2.05) is 0 Å². The normalized spacial score (nSPS) is 18.3. The Labute approximate surface area is 92.3 Å². The molecular formula is C12H23NO2. The first-order valence-electron chi connectivity index (χ1n) is 6.16. The van der Waals surface area contributed by atoms with Crippen LogP contribution < -0.4 is 5.32 Å². The molecule has 0 heterocycles. The van der Waals surface area contributed by atoms with Crippen LogP contribution in [-0.2, 0) is 4.79 Å². The van der Waals surface area contributed by atoms with Crippen LogP contribution in [0.25, 0.3) is 0 Å². The zero-order valence-electron chi connectivity index (χ0n) is 9.67. The molecular weight excluding hydrogens is 190 g/mol. The SMILES string of the molecule is CCCC(CCO)CNC(=O)C1CCC1. The molecule has 0 aromatic heterocycles. The van der Waals surface area contributed by atoms with E-state index in [-0.39, 0.29) is 18.4 Å². The predicted octanol–water partition coefficient (Wildman–Crippen LogP) is 1.70. The average Bonchev–Trinajstić information content (AvgIpc) is 2.12. The number of aliphatic hydroxyl groups excluding tert-OH is 1. The second-order valence-corrected chi connectivity index (χ2v) is 4.54. The third-order valence-electron chi connectivity index (χ3n) is 3.28. The first kappa shape index (κ1) is 12.5.